The third kappa shape index (κ3) is 5.74. The van der Waals surface area contributed by atoms with Crippen molar-refractivity contribution in [1.82, 2.24) is 0 Å². The zero-order valence-corrected chi connectivity index (χ0v) is 18.1. The summed E-state index contributed by atoms with van der Waals surface area (Å²) < 4.78 is 19.1. The van der Waals surface area contributed by atoms with Gasteiger partial charge in [-0.2, -0.15) is 18.6 Å². The number of halogens is 2. The van der Waals surface area contributed by atoms with Gasteiger partial charge in [0.25, 0.3) is 0 Å². The molecular weight excluding hydrogens is 412 g/mol. The Morgan fingerprint density at radius 3 is 2.35 bits per heavy atom. The molecule has 0 fully saturated rings. The third-order valence-electron chi connectivity index (χ3n) is 2.91. The van der Waals surface area contributed by atoms with Gasteiger partial charge < -0.3 is 4.74 Å². The molecule has 0 aliphatic carbocycles. The number of hydrogen-bond donors (Lipinski definition) is 0. The van der Waals surface area contributed by atoms with Crippen LogP contribution in [0.3, 0.4) is 0 Å². The molecular formula is C18H18BrFO2Zn. The molecule has 0 saturated heterocycles. The average Bonchev–Trinajstić information content (AvgIpc) is 2.50. The summed E-state index contributed by atoms with van der Waals surface area (Å²) in [5.41, 5.74) is 1.44. The first kappa shape index (κ1) is 19.9. The predicted molar refractivity (Wildman–Crippen MR) is 90.4 cm³/mol. The third-order valence-corrected chi connectivity index (χ3v) is 2.91. The van der Waals surface area contributed by atoms with Crippen LogP contribution in [0.25, 0.3) is 11.1 Å². The van der Waals surface area contributed by atoms with Crippen LogP contribution in [0.2, 0.25) is 0 Å². The fourth-order valence-electron chi connectivity index (χ4n) is 1.96. The van der Waals surface area contributed by atoms with Gasteiger partial charge in [0.1, 0.15) is 5.60 Å². The summed E-state index contributed by atoms with van der Waals surface area (Å²) in [5.74, 6) is -0.816. The molecule has 23 heavy (non-hydrogen) atoms. The van der Waals surface area contributed by atoms with Crippen molar-refractivity contribution >= 4 is 19.6 Å². The van der Waals surface area contributed by atoms with E-state index in [2.05, 4.69) is 20.5 Å². The molecule has 0 heterocycles. The van der Waals surface area contributed by atoms with Crippen LogP contribution in [-0.2, 0) is 21.1 Å². The molecule has 2 aromatic carbocycles. The molecule has 0 atom stereocenters. The molecule has 0 aliphatic rings. The van der Waals surface area contributed by atoms with E-state index in [-0.39, 0.29) is 0 Å². The minimum atomic E-state index is -0.577. The van der Waals surface area contributed by atoms with E-state index in [4.69, 9.17) is 4.74 Å². The molecule has 0 unspecified atom stereocenters. The Morgan fingerprint density at radius 1 is 1.17 bits per heavy atom. The minimum absolute atomic E-state index is 0.327. The van der Waals surface area contributed by atoms with Gasteiger partial charge in [-0.15, -0.1) is 6.07 Å². The quantitative estimate of drug-likeness (QED) is 0.359. The number of carbonyl (C=O) groups is 1. The van der Waals surface area contributed by atoms with Gasteiger partial charge >= 0.3 is 35.9 Å². The fraction of sp³-hybridized carbons (Fsp3) is 0.222. The van der Waals surface area contributed by atoms with Gasteiger partial charge in [0.05, 0.1) is 5.56 Å². The van der Waals surface area contributed by atoms with E-state index in [0.717, 1.165) is 0 Å². The second kappa shape index (κ2) is 8.61. The summed E-state index contributed by atoms with van der Waals surface area (Å²) in [6.07, 6.45) is 0. The first-order valence-electron chi connectivity index (χ1n) is 6.99. The first-order chi connectivity index (χ1) is 10.8. The number of esters is 1. The van der Waals surface area contributed by atoms with Crippen molar-refractivity contribution in [2.45, 2.75) is 26.4 Å². The fourth-order valence-corrected chi connectivity index (χ4v) is 1.96. The van der Waals surface area contributed by atoms with Crippen molar-refractivity contribution in [1.29, 1.82) is 0 Å². The van der Waals surface area contributed by atoms with Crippen molar-refractivity contribution < 1.29 is 30.3 Å². The van der Waals surface area contributed by atoms with Gasteiger partial charge in [0.15, 0.2) is 0 Å². The van der Waals surface area contributed by atoms with Crippen molar-refractivity contribution in [3.63, 3.8) is 0 Å². The molecule has 0 aliphatic heterocycles. The molecule has 118 valence electrons. The van der Waals surface area contributed by atoms with Crippen molar-refractivity contribution in [2.75, 3.05) is 0 Å². The van der Waals surface area contributed by atoms with Gasteiger partial charge in [-0.3, -0.25) is 4.39 Å². The van der Waals surface area contributed by atoms with E-state index in [9.17, 15) is 9.18 Å². The molecule has 0 aromatic heterocycles. The van der Waals surface area contributed by atoms with Crippen LogP contribution in [0.5, 0.6) is 0 Å². The zero-order valence-electron chi connectivity index (χ0n) is 13.5. The summed E-state index contributed by atoms with van der Waals surface area (Å²) in [6.45, 7) is 9.02. The van der Waals surface area contributed by atoms with Crippen molar-refractivity contribution in [3.05, 3.63) is 66.3 Å². The second-order valence-electron chi connectivity index (χ2n) is 5.85. The predicted octanol–water partition coefficient (Wildman–Crippen LogP) is 5.47. The van der Waals surface area contributed by atoms with Crippen LogP contribution >= 0.6 is 13.6 Å². The molecule has 0 spiro atoms. The number of ether oxygens (including phenoxy) is 1. The molecule has 0 saturated carbocycles. The Bertz CT molecular complexity index is 681. The standard InChI is InChI=1S/C18H18FO2.BrH.Zn/c1-12-9-10-13(11-16(12)19)14-7-5-6-8-15(14)17(20)21-18(2,3)4;;/h5-11H,1H2,2-4H3;1H;/q-1;;+2/p-1. The van der Waals surface area contributed by atoms with Crippen molar-refractivity contribution in [3.8, 4) is 11.1 Å². The van der Waals surface area contributed by atoms with Gasteiger partial charge in [-0.25, -0.2) is 4.79 Å². The van der Waals surface area contributed by atoms with Crippen LogP contribution in [0.1, 0.15) is 36.7 Å². The second-order valence-corrected chi connectivity index (χ2v) is 5.85. The van der Waals surface area contributed by atoms with E-state index >= 15 is 0 Å². The van der Waals surface area contributed by atoms with Crippen molar-refractivity contribution in [2.24, 2.45) is 0 Å². The van der Waals surface area contributed by atoms with E-state index in [1.807, 2.05) is 20.8 Å². The Balaban J connectivity index is 0.00000127. The van der Waals surface area contributed by atoms with Crippen LogP contribution in [0.15, 0.2) is 42.5 Å². The van der Waals surface area contributed by atoms with Gasteiger partial charge in [-0.05, 0) is 38.0 Å². The molecule has 0 N–H and O–H groups in total. The Labute approximate surface area is 153 Å². The van der Waals surface area contributed by atoms with E-state index < -0.39 is 17.4 Å². The Hall–Kier alpha value is -1.19. The van der Waals surface area contributed by atoms with Crippen LogP contribution in [0.4, 0.5) is 4.39 Å². The maximum atomic E-state index is 13.7. The number of hydrogen-bond acceptors (Lipinski definition) is 2. The molecule has 2 aromatic rings. The molecule has 5 heteroatoms. The SMILES string of the molecule is [CH2-]c1ccc(-c2ccccc2C(=O)OC(C)(C)C)cc1F.[Zn+][Br]. The topological polar surface area (TPSA) is 26.3 Å². The van der Waals surface area contributed by atoms with Gasteiger partial charge in [0.2, 0.25) is 0 Å². The maximum absolute atomic E-state index is 13.7. The monoisotopic (exact) mass is 428 g/mol. The number of rotatable bonds is 2. The molecule has 2 nitrogen and oxygen atoms in total. The van der Waals surface area contributed by atoms with Crippen LogP contribution < -0.4 is 0 Å². The van der Waals surface area contributed by atoms with E-state index in [1.54, 1.807) is 36.4 Å². The van der Waals surface area contributed by atoms with Crippen LogP contribution in [0, 0.1) is 12.7 Å². The Morgan fingerprint density at radius 2 is 1.78 bits per heavy atom. The van der Waals surface area contributed by atoms with E-state index in [1.165, 1.54) is 22.4 Å². The molecule has 0 radical (unpaired) electrons. The average molecular weight is 431 g/mol. The van der Waals surface area contributed by atoms with Gasteiger partial charge in [-0.1, -0.05) is 24.3 Å². The summed E-state index contributed by atoms with van der Waals surface area (Å²) >= 11 is 4.25. The van der Waals surface area contributed by atoms with Gasteiger partial charge in [0, 0.05) is 5.82 Å². The number of carbonyl (C=O) groups excluding carboxylic acids is 1. The number of benzene rings is 2. The zero-order chi connectivity index (χ0) is 17.6. The molecule has 2 rings (SSSR count). The van der Waals surface area contributed by atoms with Crippen LogP contribution in [-0.4, -0.2) is 11.6 Å². The first-order valence-corrected chi connectivity index (χ1v) is 13.9. The normalized spacial score (nSPS) is 10.6. The summed E-state index contributed by atoms with van der Waals surface area (Å²) in [7, 11) is 0. The molecule has 0 amide bonds. The molecule has 0 bridgehead atoms. The summed E-state index contributed by atoms with van der Waals surface area (Å²) in [4.78, 5) is 12.3. The van der Waals surface area contributed by atoms with E-state index in [0.29, 0.717) is 22.3 Å². The summed E-state index contributed by atoms with van der Waals surface area (Å²) in [5, 5.41) is 0. The Kier molecular flexibility index (Phi) is 7.43. The summed E-state index contributed by atoms with van der Waals surface area (Å²) in [6, 6.07) is 11.7.